The SMILES string of the molecule is CC1(C)O[C@H](C(=O)O)[C@@H](C(=O)Nc2ccccc2)O1. The van der Waals surface area contributed by atoms with Crippen LogP contribution in [0.2, 0.25) is 0 Å². The molecule has 1 aromatic carbocycles. The monoisotopic (exact) mass is 265 g/mol. The largest absolute Gasteiger partial charge is 0.479 e. The molecule has 6 nitrogen and oxygen atoms in total. The molecule has 1 aliphatic rings. The van der Waals surface area contributed by atoms with Crippen molar-refractivity contribution in [2.24, 2.45) is 0 Å². The van der Waals surface area contributed by atoms with E-state index < -0.39 is 29.9 Å². The van der Waals surface area contributed by atoms with Crippen LogP contribution in [-0.4, -0.2) is 35.0 Å². The second-order valence-electron chi connectivity index (χ2n) is 4.67. The normalized spacial score (nSPS) is 24.9. The van der Waals surface area contributed by atoms with E-state index in [1.54, 1.807) is 38.1 Å². The predicted octanol–water partition coefficient (Wildman–Crippen LogP) is 1.23. The Kier molecular flexibility index (Phi) is 3.55. The molecule has 0 bridgehead atoms. The summed E-state index contributed by atoms with van der Waals surface area (Å²) in [4.78, 5) is 23.1. The molecule has 102 valence electrons. The molecule has 2 N–H and O–H groups in total. The summed E-state index contributed by atoms with van der Waals surface area (Å²) in [5, 5.41) is 11.6. The molecule has 6 heteroatoms. The molecule has 1 saturated heterocycles. The Bertz CT molecular complexity index is 485. The fourth-order valence-corrected chi connectivity index (χ4v) is 1.87. The fourth-order valence-electron chi connectivity index (χ4n) is 1.87. The first-order valence-electron chi connectivity index (χ1n) is 5.83. The van der Waals surface area contributed by atoms with Crippen molar-refractivity contribution in [2.75, 3.05) is 5.32 Å². The van der Waals surface area contributed by atoms with Crippen LogP contribution in [0.5, 0.6) is 0 Å². The van der Waals surface area contributed by atoms with Gasteiger partial charge in [-0.2, -0.15) is 0 Å². The first-order chi connectivity index (χ1) is 8.89. The van der Waals surface area contributed by atoms with Crippen molar-refractivity contribution in [2.45, 2.75) is 31.8 Å². The highest BCUT2D eigenvalue weighted by atomic mass is 16.8. The minimum Gasteiger partial charge on any atom is -0.479 e. The number of benzene rings is 1. The molecule has 1 fully saturated rings. The molecule has 1 heterocycles. The Labute approximate surface area is 110 Å². The highest BCUT2D eigenvalue weighted by molar-refractivity contribution is 5.97. The minimum atomic E-state index is -1.31. The molecule has 0 saturated carbocycles. The number of carbonyl (C=O) groups excluding carboxylic acids is 1. The molecule has 0 radical (unpaired) electrons. The molecular weight excluding hydrogens is 250 g/mol. The summed E-state index contributed by atoms with van der Waals surface area (Å²) in [5.74, 6) is -2.86. The summed E-state index contributed by atoms with van der Waals surface area (Å²) in [6, 6.07) is 8.75. The van der Waals surface area contributed by atoms with Crippen LogP contribution in [0, 0.1) is 0 Å². The second kappa shape index (κ2) is 4.99. The zero-order chi connectivity index (χ0) is 14.0. The first kappa shape index (κ1) is 13.5. The van der Waals surface area contributed by atoms with E-state index in [9.17, 15) is 9.59 Å². The van der Waals surface area contributed by atoms with E-state index in [1.165, 1.54) is 0 Å². The number of hydrogen-bond acceptors (Lipinski definition) is 4. The third kappa shape index (κ3) is 3.10. The van der Waals surface area contributed by atoms with Crippen LogP contribution in [0.15, 0.2) is 30.3 Å². The Hall–Kier alpha value is -1.92. The van der Waals surface area contributed by atoms with Gasteiger partial charge in [0.25, 0.3) is 5.91 Å². The second-order valence-corrected chi connectivity index (χ2v) is 4.67. The average molecular weight is 265 g/mol. The number of nitrogens with one attached hydrogen (secondary N) is 1. The van der Waals surface area contributed by atoms with Crippen molar-refractivity contribution in [1.29, 1.82) is 0 Å². The maximum Gasteiger partial charge on any atom is 0.336 e. The topological polar surface area (TPSA) is 84.9 Å². The van der Waals surface area contributed by atoms with Crippen molar-refractivity contribution >= 4 is 17.6 Å². The molecular formula is C13H15NO5. The van der Waals surface area contributed by atoms with Crippen molar-refractivity contribution in [1.82, 2.24) is 0 Å². The van der Waals surface area contributed by atoms with E-state index in [4.69, 9.17) is 14.6 Å². The Balaban J connectivity index is 2.11. The van der Waals surface area contributed by atoms with Gasteiger partial charge in [0.15, 0.2) is 18.0 Å². The third-order valence-corrected chi connectivity index (χ3v) is 2.64. The molecule has 0 unspecified atom stereocenters. The number of ether oxygens (including phenoxy) is 2. The van der Waals surface area contributed by atoms with Gasteiger partial charge in [0.05, 0.1) is 0 Å². The number of aliphatic carboxylic acids is 1. The van der Waals surface area contributed by atoms with Crippen molar-refractivity contribution < 1.29 is 24.2 Å². The summed E-state index contributed by atoms with van der Waals surface area (Å²) in [6.45, 7) is 3.14. The lowest BCUT2D eigenvalue weighted by atomic mass is 10.2. The van der Waals surface area contributed by atoms with E-state index in [2.05, 4.69) is 5.32 Å². The molecule has 2 rings (SSSR count). The van der Waals surface area contributed by atoms with Crippen LogP contribution in [0.25, 0.3) is 0 Å². The van der Waals surface area contributed by atoms with Crippen LogP contribution < -0.4 is 5.32 Å². The Morgan fingerprint density at radius 1 is 1.16 bits per heavy atom. The van der Waals surface area contributed by atoms with Gasteiger partial charge in [-0.3, -0.25) is 4.79 Å². The molecule has 19 heavy (non-hydrogen) atoms. The number of para-hydroxylation sites is 1. The summed E-state index contributed by atoms with van der Waals surface area (Å²) in [5.41, 5.74) is 0.574. The lowest BCUT2D eigenvalue weighted by molar-refractivity contribution is -0.166. The maximum atomic E-state index is 12.0. The van der Waals surface area contributed by atoms with Crippen LogP contribution in [0.1, 0.15) is 13.8 Å². The van der Waals surface area contributed by atoms with Gasteiger partial charge >= 0.3 is 5.97 Å². The van der Waals surface area contributed by atoms with Gasteiger partial charge in [0, 0.05) is 5.69 Å². The number of rotatable bonds is 3. The van der Waals surface area contributed by atoms with Crippen molar-refractivity contribution in [3.63, 3.8) is 0 Å². The van der Waals surface area contributed by atoms with Gasteiger partial charge in [-0.25, -0.2) is 4.79 Å². The van der Waals surface area contributed by atoms with E-state index in [0.29, 0.717) is 5.69 Å². The zero-order valence-corrected chi connectivity index (χ0v) is 10.6. The minimum absolute atomic E-state index is 0.538. The highest BCUT2D eigenvalue weighted by Gasteiger charge is 2.49. The predicted molar refractivity (Wildman–Crippen MR) is 66.5 cm³/mol. The average Bonchev–Trinajstić information content (AvgIpc) is 2.67. The molecule has 1 amide bonds. The van der Waals surface area contributed by atoms with Gasteiger partial charge in [0.2, 0.25) is 0 Å². The lowest BCUT2D eigenvalue weighted by Gasteiger charge is -2.16. The van der Waals surface area contributed by atoms with Crippen molar-refractivity contribution in [3.8, 4) is 0 Å². The Morgan fingerprint density at radius 3 is 2.32 bits per heavy atom. The maximum absolute atomic E-state index is 12.0. The van der Waals surface area contributed by atoms with Gasteiger partial charge < -0.3 is 19.9 Å². The molecule has 0 aromatic heterocycles. The van der Waals surface area contributed by atoms with Crippen molar-refractivity contribution in [3.05, 3.63) is 30.3 Å². The van der Waals surface area contributed by atoms with Crippen LogP contribution in [0.4, 0.5) is 5.69 Å². The smallest absolute Gasteiger partial charge is 0.336 e. The summed E-state index contributed by atoms with van der Waals surface area (Å²) in [6.07, 6.45) is -2.48. The summed E-state index contributed by atoms with van der Waals surface area (Å²) >= 11 is 0. The number of carboxylic acid groups (broad SMARTS) is 1. The molecule has 0 spiro atoms. The van der Waals surface area contributed by atoms with Gasteiger partial charge in [-0.15, -0.1) is 0 Å². The Morgan fingerprint density at radius 2 is 1.74 bits per heavy atom. The van der Waals surface area contributed by atoms with Crippen LogP contribution >= 0.6 is 0 Å². The fraction of sp³-hybridized carbons (Fsp3) is 0.385. The molecule has 1 aromatic rings. The van der Waals surface area contributed by atoms with E-state index >= 15 is 0 Å². The van der Waals surface area contributed by atoms with Gasteiger partial charge in [-0.05, 0) is 26.0 Å². The highest BCUT2D eigenvalue weighted by Crippen LogP contribution is 2.29. The quantitative estimate of drug-likeness (QED) is 0.858. The lowest BCUT2D eigenvalue weighted by Crippen LogP contribution is -2.40. The molecule has 0 aliphatic carbocycles. The van der Waals surface area contributed by atoms with E-state index in [0.717, 1.165) is 0 Å². The summed E-state index contributed by atoms with van der Waals surface area (Å²) < 4.78 is 10.5. The van der Waals surface area contributed by atoms with E-state index in [1.807, 2.05) is 6.07 Å². The van der Waals surface area contributed by atoms with Crippen LogP contribution in [-0.2, 0) is 19.1 Å². The molecule has 2 atom stereocenters. The van der Waals surface area contributed by atoms with Crippen LogP contribution in [0.3, 0.4) is 0 Å². The van der Waals surface area contributed by atoms with Gasteiger partial charge in [0.1, 0.15) is 0 Å². The zero-order valence-electron chi connectivity index (χ0n) is 10.6. The number of anilines is 1. The number of amides is 1. The number of carbonyl (C=O) groups is 2. The summed E-state index contributed by atoms with van der Waals surface area (Å²) in [7, 11) is 0. The van der Waals surface area contributed by atoms with Gasteiger partial charge in [-0.1, -0.05) is 18.2 Å². The number of hydrogen-bond donors (Lipinski definition) is 2. The standard InChI is InChI=1S/C13H15NO5/c1-13(2)18-9(10(19-13)12(16)17)11(15)14-8-6-4-3-5-7-8/h3-7,9-10H,1-2H3,(H,14,15)(H,16,17)/t9-,10-/m0/s1. The number of carboxylic acids is 1. The third-order valence-electron chi connectivity index (χ3n) is 2.64. The van der Waals surface area contributed by atoms with E-state index in [-0.39, 0.29) is 0 Å². The first-order valence-corrected chi connectivity index (χ1v) is 5.83. The molecule has 1 aliphatic heterocycles.